The fourth-order valence-electron chi connectivity index (χ4n) is 4.16. The van der Waals surface area contributed by atoms with Crippen LogP contribution in [-0.4, -0.2) is 45.3 Å². The van der Waals surface area contributed by atoms with Crippen molar-refractivity contribution in [2.45, 2.75) is 32.5 Å². The number of carbonyl (C=O) groups excluding carboxylic acids is 2. The van der Waals surface area contributed by atoms with Crippen LogP contribution in [0.4, 0.5) is 4.39 Å². The summed E-state index contributed by atoms with van der Waals surface area (Å²) in [6.07, 6.45) is 1.97. The van der Waals surface area contributed by atoms with Gasteiger partial charge >= 0.3 is 0 Å². The summed E-state index contributed by atoms with van der Waals surface area (Å²) in [7, 11) is 0. The molecule has 0 saturated heterocycles. The number of hydrogen-bond donors (Lipinski definition) is 0. The lowest BCUT2D eigenvalue weighted by atomic mass is 9.99. The molecule has 2 aromatic carbocycles. The lowest BCUT2D eigenvalue weighted by Gasteiger charge is -2.39. The van der Waals surface area contributed by atoms with Gasteiger partial charge in [0, 0.05) is 41.6 Å². The summed E-state index contributed by atoms with van der Waals surface area (Å²) >= 11 is 5.95. The zero-order chi connectivity index (χ0) is 22.8. The summed E-state index contributed by atoms with van der Waals surface area (Å²) in [6, 6.07) is 16.3. The van der Waals surface area contributed by atoms with Crippen LogP contribution in [0.1, 0.15) is 41.5 Å². The van der Waals surface area contributed by atoms with Gasteiger partial charge in [0.05, 0.1) is 6.04 Å². The van der Waals surface area contributed by atoms with Crippen LogP contribution >= 0.6 is 11.6 Å². The van der Waals surface area contributed by atoms with Crippen LogP contribution in [0.15, 0.2) is 66.9 Å². The molecule has 0 radical (unpaired) electrons. The second-order valence-corrected chi connectivity index (χ2v) is 8.64. The summed E-state index contributed by atoms with van der Waals surface area (Å²) in [5.41, 5.74) is 2.11. The molecule has 1 aliphatic rings. The highest BCUT2D eigenvalue weighted by Gasteiger charge is 2.34. The highest BCUT2D eigenvalue weighted by molar-refractivity contribution is 6.30. The maximum atomic E-state index is 14.0. The van der Waals surface area contributed by atoms with Crippen molar-refractivity contribution in [2.75, 3.05) is 13.1 Å². The third-order valence-electron chi connectivity index (χ3n) is 5.80. The minimum absolute atomic E-state index is 0.0638. The molecule has 5 nitrogen and oxygen atoms in total. The van der Waals surface area contributed by atoms with E-state index in [0.717, 1.165) is 5.69 Å². The normalized spacial score (nSPS) is 15.5. The SMILES string of the molecule is CC(C)N(CC(=O)N1CCn2cccc2C1c1cccc(F)c1)C(=O)c1ccc(Cl)cc1. The van der Waals surface area contributed by atoms with E-state index in [-0.39, 0.29) is 30.2 Å². The Bertz CT molecular complexity index is 1130. The molecule has 0 N–H and O–H groups in total. The molecule has 1 unspecified atom stereocenters. The van der Waals surface area contributed by atoms with E-state index >= 15 is 0 Å². The fourth-order valence-corrected chi connectivity index (χ4v) is 4.29. The summed E-state index contributed by atoms with van der Waals surface area (Å²) in [5.74, 6) is -0.754. The van der Waals surface area contributed by atoms with Gasteiger partial charge in [0.25, 0.3) is 5.91 Å². The fraction of sp³-hybridized carbons (Fsp3) is 0.280. The largest absolute Gasteiger partial charge is 0.348 e. The Morgan fingerprint density at radius 2 is 1.84 bits per heavy atom. The molecule has 0 bridgehead atoms. The third-order valence-corrected chi connectivity index (χ3v) is 6.06. The van der Waals surface area contributed by atoms with Gasteiger partial charge in [0.2, 0.25) is 5.91 Å². The number of aromatic nitrogens is 1. The van der Waals surface area contributed by atoms with Gasteiger partial charge in [0.15, 0.2) is 0 Å². The van der Waals surface area contributed by atoms with Crippen LogP contribution < -0.4 is 0 Å². The van der Waals surface area contributed by atoms with Crippen molar-refractivity contribution in [3.8, 4) is 0 Å². The smallest absolute Gasteiger partial charge is 0.254 e. The van der Waals surface area contributed by atoms with Gasteiger partial charge in [-0.15, -0.1) is 0 Å². The molecule has 0 aliphatic carbocycles. The topological polar surface area (TPSA) is 45.6 Å². The van der Waals surface area contributed by atoms with E-state index in [1.54, 1.807) is 40.1 Å². The zero-order valence-corrected chi connectivity index (χ0v) is 18.8. The van der Waals surface area contributed by atoms with E-state index < -0.39 is 6.04 Å². The number of benzene rings is 2. The van der Waals surface area contributed by atoms with Crippen molar-refractivity contribution < 1.29 is 14.0 Å². The Balaban J connectivity index is 1.62. The van der Waals surface area contributed by atoms with Gasteiger partial charge in [-0.2, -0.15) is 0 Å². The van der Waals surface area contributed by atoms with E-state index in [2.05, 4.69) is 4.57 Å². The van der Waals surface area contributed by atoms with Crippen molar-refractivity contribution in [3.05, 3.63) is 94.5 Å². The van der Waals surface area contributed by atoms with Gasteiger partial charge in [0.1, 0.15) is 12.4 Å². The average molecular weight is 454 g/mol. The number of nitrogens with zero attached hydrogens (tertiary/aromatic N) is 3. The number of carbonyl (C=O) groups is 2. The molecule has 4 rings (SSSR count). The van der Waals surface area contributed by atoms with Crippen LogP contribution in [0.25, 0.3) is 0 Å². The van der Waals surface area contributed by atoms with E-state index in [1.807, 2.05) is 38.2 Å². The Hall–Kier alpha value is -3.12. The zero-order valence-electron chi connectivity index (χ0n) is 18.0. The number of hydrogen-bond acceptors (Lipinski definition) is 2. The predicted octanol–water partition coefficient (Wildman–Crippen LogP) is 4.76. The van der Waals surface area contributed by atoms with E-state index in [1.165, 1.54) is 12.1 Å². The molecular formula is C25H25ClFN3O2. The number of fused-ring (bicyclic) bond motifs is 1. The van der Waals surface area contributed by atoms with Gasteiger partial charge in [-0.3, -0.25) is 9.59 Å². The van der Waals surface area contributed by atoms with Crippen LogP contribution in [0, 0.1) is 5.82 Å². The monoisotopic (exact) mass is 453 g/mol. The van der Waals surface area contributed by atoms with Gasteiger partial charge in [-0.05, 0) is 67.9 Å². The van der Waals surface area contributed by atoms with Crippen molar-refractivity contribution in [2.24, 2.45) is 0 Å². The molecule has 2 heterocycles. The maximum Gasteiger partial charge on any atom is 0.254 e. The summed E-state index contributed by atoms with van der Waals surface area (Å²) < 4.78 is 16.1. The Labute approximate surface area is 192 Å². The Morgan fingerprint density at radius 3 is 2.53 bits per heavy atom. The Morgan fingerprint density at radius 1 is 1.09 bits per heavy atom. The lowest BCUT2D eigenvalue weighted by Crippen LogP contribution is -2.49. The minimum Gasteiger partial charge on any atom is -0.348 e. The highest BCUT2D eigenvalue weighted by Crippen LogP contribution is 2.33. The molecule has 166 valence electrons. The van der Waals surface area contributed by atoms with Crippen molar-refractivity contribution in [1.82, 2.24) is 14.4 Å². The highest BCUT2D eigenvalue weighted by atomic mass is 35.5. The molecule has 0 fully saturated rings. The molecule has 7 heteroatoms. The molecule has 0 spiro atoms. The number of rotatable bonds is 5. The molecular weight excluding hydrogens is 429 g/mol. The first kappa shape index (κ1) is 22.1. The summed E-state index contributed by atoms with van der Waals surface area (Å²) in [4.78, 5) is 29.9. The molecule has 1 atom stereocenters. The molecule has 2 amide bonds. The molecule has 32 heavy (non-hydrogen) atoms. The van der Waals surface area contributed by atoms with Crippen molar-refractivity contribution in [3.63, 3.8) is 0 Å². The van der Waals surface area contributed by atoms with Crippen molar-refractivity contribution in [1.29, 1.82) is 0 Å². The van der Waals surface area contributed by atoms with Crippen LogP contribution in [0.2, 0.25) is 5.02 Å². The lowest BCUT2D eigenvalue weighted by molar-refractivity contribution is -0.135. The average Bonchev–Trinajstić information content (AvgIpc) is 3.25. The third kappa shape index (κ3) is 4.41. The standard InChI is InChI=1S/C25H25ClFN3O2/c1-17(2)30(25(32)18-8-10-20(26)11-9-18)16-23(31)29-14-13-28-12-4-7-22(28)24(29)19-5-3-6-21(27)15-19/h3-12,15,17,24H,13-14,16H2,1-2H3. The predicted molar refractivity (Wildman–Crippen MR) is 122 cm³/mol. The number of amides is 2. The quantitative estimate of drug-likeness (QED) is 0.559. The van der Waals surface area contributed by atoms with Crippen LogP contribution in [0.5, 0.6) is 0 Å². The van der Waals surface area contributed by atoms with Gasteiger partial charge in [-0.25, -0.2) is 4.39 Å². The molecule has 1 aliphatic heterocycles. The first-order valence-electron chi connectivity index (χ1n) is 10.6. The van der Waals surface area contributed by atoms with Gasteiger partial charge < -0.3 is 14.4 Å². The second kappa shape index (κ2) is 9.17. The van der Waals surface area contributed by atoms with Gasteiger partial charge in [-0.1, -0.05) is 23.7 Å². The van der Waals surface area contributed by atoms with E-state index in [4.69, 9.17) is 11.6 Å². The minimum atomic E-state index is -0.415. The first-order valence-corrected chi connectivity index (χ1v) is 11.0. The van der Waals surface area contributed by atoms with Crippen LogP contribution in [0.3, 0.4) is 0 Å². The summed E-state index contributed by atoms with van der Waals surface area (Å²) in [6.45, 7) is 4.82. The molecule has 3 aromatic rings. The van der Waals surface area contributed by atoms with E-state index in [0.29, 0.717) is 29.2 Å². The van der Waals surface area contributed by atoms with Crippen molar-refractivity contribution >= 4 is 23.4 Å². The second-order valence-electron chi connectivity index (χ2n) is 8.20. The number of halogens is 2. The van der Waals surface area contributed by atoms with Crippen LogP contribution in [-0.2, 0) is 11.3 Å². The molecule has 1 aromatic heterocycles. The maximum absolute atomic E-state index is 14.0. The molecule has 0 saturated carbocycles. The Kier molecular flexibility index (Phi) is 6.33. The summed E-state index contributed by atoms with van der Waals surface area (Å²) in [5, 5.41) is 0.544. The first-order chi connectivity index (χ1) is 15.3. The van der Waals surface area contributed by atoms with E-state index in [9.17, 15) is 14.0 Å².